The maximum atomic E-state index is 12.7. The lowest BCUT2D eigenvalue weighted by molar-refractivity contribution is -0.132. The maximum absolute atomic E-state index is 12.7. The predicted molar refractivity (Wildman–Crippen MR) is 115 cm³/mol. The third-order valence-electron chi connectivity index (χ3n) is 5.43. The Balaban J connectivity index is 1.33. The van der Waals surface area contributed by atoms with Crippen molar-refractivity contribution in [3.63, 3.8) is 0 Å². The van der Waals surface area contributed by atoms with E-state index in [1.54, 1.807) is 29.6 Å². The number of carbonyl (C=O) groups is 2. The second kappa shape index (κ2) is 9.26. The third kappa shape index (κ3) is 4.98. The van der Waals surface area contributed by atoms with Crippen molar-refractivity contribution in [2.75, 3.05) is 6.54 Å². The van der Waals surface area contributed by atoms with Gasteiger partial charge in [0.2, 0.25) is 11.8 Å². The Hall–Kier alpha value is -3.92. The molecule has 0 radical (unpaired) electrons. The average Bonchev–Trinajstić information content (AvgIpc) is 3.36. The standard InChI is InChI=1S/C24H23N5O2/c25-13-18-6-8-20(9-7-18)16-29-17-26-14-21(29)12-23(30)27-22-10-11-28(24(22)31)15-19-4-2-1-3-5-19/h1-9,14,17,22H,10-12,15-16H2,(H,27,30). The number of aromatic nitrogens is 2. The molecule has 2 amide bonds. The van der Waals surface area contributed by atoms with Gasteiger partial charge < -0.3 is 14.8 Å². The van der Waals surface area contributed by atoms with E-state index in [1.165, 1.54) is 0 Å². The van der Waals surface area contributed by atoms with Crippen LogP contribution in [0.1, 0.15) is 28.8 Å². The van der Waals surface area contributed by atoms with Gasteiger partial charge in [-0.3, -0.25) is 9.59 Å². The first kappa shape index (κ1) is 20.4. The van der Waals surface area contributed by atoms with Crippen LogP contribution in [-0.4, -0.2) is 38.9 Å². The molecule has 3 aromatic rings. The van der Waals surface area contributed by atoms with Crippen LogP contribution in [-0.2, 0) is 29.1 Å². The van der Waals surface area contributed by atoms with Gasteiger partial charge in [0.1, 0.15) is 6.04 Å². The van der Waals surface area contributed by atoms with Gasteiger partial charge in [0.25, 0.3) is 0 Å². The lowest BCUT2D eigenvalue weighted by atomic mass is 10.1. The Morgan fingerprint density at radius 2 is 1.84 bits per heavy atom. The summed E-state index contributed by atoms with van der Waals surface area (Å²) in [6.07, 6.45) is 4.12. The van der Waals surface area contributed by atoms with E-state index in [2.05, 4.69) is 16.4 Å². The number of nitriles is 1. The molecule has 1 aromatic heterocycles. The summed E-state index contributed by atoms with van der Waals surface area (Å²) in [6, 6.07) is 18.8. The minimum absolute atomic E-state index is 0.0386. The van der Waals surface area contributed by atoms with Crippen molar-refractivity contribution in [1.29, 1.82) is 5.26 Å². The van der Waals surface area contributed by atoms with Gasteiger partial charge in [0, 0.05) is 31.5 Å². The molecule has 0 spiro atoms. The maximum Gasteiger partial charge on any atom is 0.245 e. The van der Waals surface area contributed by atoms with Crippen LogP contribution >= 0.6 is 0 Å². The van der Waals surface area contributed by atoms with Gasteiger partial charge in [-0.05, 0) is 29.7 Å². The van der Waals surface area contributed by atoms with Crippen LogP contribution in [0.5, 0.6) is 0 Å². The molecule has 1 atom stereocenters. The Labute approximate surface area is 180 Å². The van der Waals surface area contributed by atoms with Crippen LogP contribution in [0.15, 0.2) is 67.1 Å². The van der Waals surface area contributed by atoms with E-state index in [0.717, 1.165) is 16.8 Å². The summed E-state index contributed by atoms with van der Waals surface area (Å²) >= 11 is 0. The van der Waals surface area contributed by atoms with Gasteiger partial charge in [-0.15, -0.1) is 0 Å². The molecule has 156 valence electrons. The first-order valence-electron chi connectivity index (χ1n) is 10.2. The monoisotopic (exact) mass is 413 g/mol. The first-order chi connectivity index (χ1) is 15.1. The quantitative estimate of drug-likeness (QED) is 0.643. The molecule has 0 bridgehead atoms. The van der Waals surface area contributed by atoms with Gasteiger partial charge in [0.05, 0.1) is 24.4 Å². The zero-order chi connectivity index (χ0) is 21.6. The molecular weight excluding hydrogens is 390 g/mol. The smallest absolute Gasteiger partial charge is 0.245 e. The SMILES string of the molecule is N#Cc1ccc(Cn2cncc2CC(=O)NC2CCN(Cc3ccccc3)C2=O)cc1. The third-order valence-corrected chi connectivity index (χ3v) is 5.43. The molecule has 1 aliphatic rings. The summed E-state index contributed by atoms with van der Waals surface area (Å²) in [5.41, 5.74) is 3.47. The zero-order valence-corrected chi connectivity index (χ0v) is 17.1. The normalized spacial score (nSPS) is 15.6. The lowest BCUT2D eigenvalue weighted by Gasteiger charge is -2.17. The van der Waals surface area contributed by atoms with Crippen molar-refractivity contribution < 1.29 is 9.59 Å². The molecule has 4 rings (SSSR count). The molecule has 1 unspecified atom stereocenters. The number of carbonyl (C=O) groups excluding carboxylic acids is 2. The number of likely N-dealkylation sites (tertiary alicyclic amines) is 1. The van der Waals surface area contributed by atoms with E-state index in [-0.39, 0.29) is 18.2 Å². The number of hydrogen-bond acceptors (Lipinski definition) is 4. The average molecular weight is 413 g/mol. The molecule has 1 fully saturated rings. The predicted octanol–water partition coefficient (Wildman–Crippen LogP) is 2.26. The highest BCUT2D eigenvalue weighted by Gasteiger charge is 2.32. The number of rotatable bonds is 7. The molecule has 1 N–H and O–H groups in total. The molecule has 31 heavy (non-hydrogen) atoms. The molecule has 2 aromatic carbocycles. The first-order valence-corrected chi connectivity index (χ1v) is 10.2. The fourth-order valence-electron chi connectivity index (χ4n) is 3.76. The number of amides is 2. The van der Waals surface area contributed by atoms with Crippen molar-refractivity contribution in [3.05, 3.63) is 89.5 Å². The Bertz CT molecular complexity index is 1100. The van der Waals surface area contributed by atoms with Crippen LogP contribution in [0.3, 0.4) is 0 Å². The molecule has 2 heterocycles. The van der Waals surface area contributed by atoms with Crippen LogP contribution in [0.2, 0.25) is 0 Å². The summed E-state index contributed by atoms with van der Waals surface area (Å²) in [4.78, 5) is 31.2. The molecule has 7 heteroatoms. The van der Waals surface area contributed by atoms with Gasteiger partial charge >= 0.3 is 0 Å². The summed E-state index contributed by atoms with van der Waals surface area (Å²) in [5.74, 6) is -0.232. The van der Waals surface area contributed by atoms with Gasteiger partial charge in [-0.2, -0.15) is 5.26 Å². The highest BCUT2D eigenvalue weighted by atomic mass is 16.2. The fraction of sp³-hybridized carbons (Fsp3) is 0.250. The van der Waals surface area contributed by atoms with Crippen LogP contribution < -0.4 is 5.32 Å². The minimum atomic E-state index is -0.480. The highest BCUT2D eigenvalue weighted by Crippen LogP contribution is 2.16. The number of nitrogens with zero attached hydrogens (tertiary/aromatic N) is 4. The number of imidazole rings is 1. The number of hydrogen-bond donors (Lipinski definition) is 1. The van der Waals surface area contributed by atoms with E-state index >= 15 is 0 Å². The minimum Gasteiger partial charge on any atom is -0.344 e. The zero-order valence-electron chi connectivity index (χ0n) is 17.1. The summed E-state index contributed by atoms with van der Waals surface area (Å²) in [7, 11) is 0. The molecule has 7 nitrogen and oxygen atoms in total. The topological polar surface area (TPSA) is 91.0 Å². The molecular formula is C24H23N5O2. The summed E-state index contributed by atoms with van der Waals surface area (Å²) < 4.78 is 1.90. The van der Waals surface area contributed by atoms with Crippen molar-refractivity contribution in [3.8, 4) is 6.07 Å². The lowest BCUT2D eigenvalue weighted by Crippen LogP contribution is -2.42. The second-order valence-corrected chi connectivity index (χ2v) is 7.65. The largest absolute Gasteiger partial charge is 0.344 e. The number of benzene rings is 2. The van der Waals surface area contributed by atoms with E-state index in [4.69, 9.17) is 5.26 Å². The van der Waals surface area contributed by atoms with Crippen molar-refractivity contribution in [2.24, 2.45) is 0 Å². The highest BCUT2D eigenvalue weighted by molar-refractivity contribution is 5.89. The Kier molecular flexibility index (Phi) is 6.08. The van der Waals surface area contributed by atoms with Crippen molar-refractivity contribution in [1.82, 2.24) is 19.8 Å². The molecule has 1 saturated heterocycles. The van der Waals surface area contributed by atoms with Gasteiger partial charge in [0.15, 0.2) is 0 Å². The molecule has 0 aliphatic carbocycles. The van der Waals surface area contributed by atoms with E-state index in [0.29, 0.717) is 31.6 Å². The number of nitrogens with one attached hydrogen (secondary N) is 1. The van der Waals surface area contributed by atoms with Crippen LogP contribution in [0.4, 0.5) is 0 Å². The van der Waals surface area contributed by atoms with E-state index in [9.17, 15) is 9.59 Å². The second-order valence-electron chi connectivity index (χ2n) is 7.65. The Morgan fingerprint density at radius 1 is 1.10 bits per heavy atom. The van der Waals surface area contributed by atoms with Crippen LogP contribution in [0.25, 0.3) is 0 Å². The summed E-state index contributed by atoms with van der Waals surface area (Å²) in [5, 5.41) is 11.8. The van der Waals surface area contributed by atoms with E-state index in [1.807, 2.05) is 47.0 Å². The summed E-state index contributed by atoms with van der Waals surface area (Å²) in [6.45, 7) is 1.75. The van der Waals surface area contributed by atoms with Crippen molar-refractivity contribution >= 4 is 11.8 Å². The fourth-order valence-corrected chi connectivity index (χ4v) is 3.76. The van der Waals surface area contributed by atoms with Gasteiger partial charge in [-0.25, -0.2) is 4.98 Å². The Morgan fingerprint density at radius 3 is 2.58 bits per heavy atom. The van der Waals surface area contributed by atoms with Crippen molar-refractivity contribution in [2.45, 2.75) is 32.0 Å². The van der Waals surface area contributed by atoms with Crippen LogP contribution in [0, 0.1) is 11.3 Å². The van der Waals surface area contributed by atoms with Gasteiger partial charge in [-0.1, -0.05) is 42.5 Å². The molecule has 1 aliphatic heterocycles. The molecule has 0 saturated carbocycles. The van der Waals surface area contributed by atoms with E-state index < -0.39 is 6.04 Å².